The molecule has 3 N–H and O–H groups in total. The van der Waals surface area contributed by atoms with Crippen LogP contribution in [0.1, 0.15) is 31.7 Å². The number of hydrogen-bond acceptors (Lipinski definition) is 6. The Morgan fingerprint density at radius 2 is 2.10 bits per heavy atom. The average Bonchev–Trinajstić information content (AvgIpc) is 3.12. The van der Waals surface area contributed by atoms with E-state index in [1.54, 1.807) is 19.1 Å². The maximum atomic E-state index is 13.6. The summed E-state index contributed by atoms with van der Waals surface area (Å²) in [6, 6.07) is 4.57. The molecule has 160 valence electrons. The number of anilines is 1. The van der Waals surface area contributed by atoms with Gasteiger partial charge in [-0.25, -0.2) is 17.9 Å². The number of hydrogen-bond donors (Lipinski definition) is 3. The minimum Gasteiger partial charge on any atom is -0.321 e. The van der Waals surface area contributed by atoms with Gasteiger partial charge in [-0.15, -0.1) is 0 Å². The van der Waals surface area contributed by atoms with Crippen LogP contribution in [0.15, 0.2) is 27.9 Å². The summed E-state index contributed by atoms with van der Waals surface area (Å²) in [7, 11) is -3.85. The number of nitrogens with zero attached hydrogens (tertiary/aromatic N) is 3. The molecule has 30 heavy (non-hydrogen) atoms. The van der Waals surface area contributed by atoms with Crippen molar-refractivity contribution in [2.75, 3.05) is 25.0 Å². The van der Waals surface area contributed by atoms with Gasteiger partial charge < -0.3 is 10.6 Å². The first-order valence-corrected chi connectivity index (χ1v) is 11.3. The minimum absolute atomic E-state index is 0.0654. The van der Waals surface area contributed by atoms with Gasteiger partial charge in [0.05, 0.1) is 16.2 Å². The molecule has 0 radical (unpaired) electrons. The minimum atomic E-state index is -3.85. The topological polar surface area (TPSA) is 129 Å². The van der Waals surface area contributed by atoms with Crippen molar-refractivity contribution in [2.45, 2.75) is 37.8 Å². The molecule has 1 saturated heterocycles. The lowest BCUT2D eigenvalue weighted by molar-refractivity contribution is -0.110. The number of fused-ring (bicyclic) bond motifs is 1. The molecule has 1 aromatic carbocycles. The van der Waals surface area contributed by atoms with Gasteiger partial charge in [0.2, 0.25) is 10.0 Å². The zero-order chi connectivity index (χ0) is 21.5. The van der Waals surface area contributed by atoms with Crippen LogP contribution in [0.3, 0.4) is 0 Å². The number of sulfonamides is 1. The van der Waals surface area contributed by atoms with Crippen molar-refractivity contribution >= 4 is 33.3 Å². The van der Waals surface area contributed by atoms with Gasteiger partial charge in [0, 0.05) is 31.2 Å². The summed E-state index contributed by atoms with van der Waals surface area (Å²) in [4.78, 5) is 27.2. The summed E-state index contributed by atoms with van der Waals surface area (Å²) in [5, 5.41) is 10.1. The van der Waals surface area contributed by atoms with Crippen molar-refractivity contribution < 1.29 is 13.2 Å². The third-order valence-corrected chi connectivity index (χ3v) is 7.37. The number of benzene rings is 1. The number of carbonyl (C=O) groups is 1. The predicted octanol–water partition coefficient (Wildman–Crippen LogP) is 0.457. The first-order valence-electron chi connectivity index (χ1n) is 9.89. The molecule has 1 fully saturated rings. The highest BCUT2D eigenvalue weighted by atomic mass is 32.2. The molecular weight excluding hydrogens is 408 g/mol. The van der Waals surface area contributed by atoms with E-state index < -0.39 is 21.6 Å². The second-order valence-corrected chi connectivity index (χ2v) is 9.20. The van der Waals surface area contributed by atoms with Crippen LogP contribution in [0, 0.1) is 0 Å². The highest BCUT2D eigenvalue weighted by Gasteiger charge is 2.36. The molecule has 4 rings (SSSR count). The van der Waals surface area contributed by atoms with Crippen LogP contribution in [0.2, 0.25) is 0 Å². The molecule has 11 heteroatoms. The Morgan fingerprint density at radius 3 is 2.83 bits per heavy atom. The van der Waals surface area contributed by atoms with Gasteiger partial charge >= 0.3 is 5.69 Å². The first kappa shape index (κ1) is 20.5. The van der Waals surface area contributed by atoms with Gasteiger partial charge in [-0.3, -0.25) is 9.78 Å². The lowest BCUT2D eigenvalue weighted by Gasteiger charge is -2.26. The fourth-order valence-corrected chi connectivity index (χ4v) is 5.73. The normalized spacial score (nSPS) is 21.5. The van der Waals surface area contributed by atoms with Crippen molar-refractivity contribution in [1.82, 2.24) is 24.4 Å². The Labute approximate surface area is 174 Å². The van der Waals surface area contributed by atoms with E-state index in [1.807, 2.05) is 6.92 Å². The smallest absolute Gasteiger partial charge is 0.321 e. The molecule has 1 amide bonds. The van der Waals surface area contributed by atoms with Crippen LogP contribution in [0.4, 0.5) is 5.69 Å². The van der Waals surface area contributed by atoms with Gasteiger partial charge in [0.25, 0.3) is 5.91 Å². The van der Waals surface area contributed by atoms with Crippen LogP contribution < -0.4 is 16.3 Å². The van der Waals surface area contributed by atoms with Crippen molar-refractivity contribution in [3.63, 3.8) is 0 Å². The van der Waals surface area contributed by atoms with E-state index in [0.29, 0.717) is 37.3 Å². The Hall–Kier alpha value is -2.76. The highest BCUT2D eigenvalue weighted by Crippen LogP contribution is 2.39. The lowest BCUT2D eigenvalue weighted by atomic mass is 10.1. The second kappa shape index (κ2) is 7.82. The number of nitrogens with one attached hydrogen (secondary N) is 3. The van der Waals surface area contributed by atoms with Crippen LogP contribution in [-0.4, -0.2) is 59.1 Å². The van der Waals surface area contributed by atoms with Crippen LogP contribution in [0.5, 0.6) is 0 Å². The molecule has 0 spiro atoms. The summed E-state index contributed by atoms with van der Waals surface area (Å²) >= 11 is 0. The SMILES string of the molecule is CCn1nc(/C=C2\C(=O)Nc3cccc(S(=O)(=O)N4CCCNCC4C)c32)[nH]c1=O. The van der Waals surface area contributed by atoms with E-state index in [0.717, 1.165) is 6.54 Å². The van der Waals surface area contributed by atoms with Crippen molar-refractivity contribution in [3.8, 4) is 0 Å². The number of aromatic amines is 1. The molecule has 0 saturated carbocycles. The highest BCUT2D eigenvalue weighted by molar-refractivity contribution is 7.89. The maximum absolute atomic E-state index is 13.6. The van der Waals surface area contributed by atoms with Crippen molar-refractivity contribution in [3.05, 3.63) is 40.1 Å². The van der Waals surface area contributed by atoms with E-state index in [1.165, 1.54) is 21.1 Å². The quantitative estimate of drug-likeness (QED) is 0.602. The zero-order valence-electron chi connectivity index (χ0n) is 16.8. The molecule has 10 nitrogen and oxygen atoms in total. The average molecular weight is 433 g/mol. The Kier molecular flexibility index (Phi) is 5.35. The van der Waals surface area contributed by atoms with Crippen LogP contribution in [-0.2, 0) is 21.4 Å². The molecular formula is C19H24N6O4S. The fourth-order valence-electron chi connectivity index (χ4n) is 3.84. The standard InChI is InChI=1S/C19H24N6O4S/c1-3-24-19(27)22-16(23-24)10-13-17-14(21-18(13)26)6-4-7-15(17)30(28,29)25-9-5-8-20-11-12(25)2/h4,6-7,10,12,20H,3,5,8-9,11H2,1-2H3,(H,21,26)(H,22,23,27)/b13-10-. The first-order chi connectivity index (χ1) is 14.3. The van der Waals surface area contributed by atoms with E-state index >= 15 is 0 Å². The molecule has 2 aliphatic rings. The third kappa shape index (κ3) is 3.48. The lowest BCUT2D eigenvalue weighted by Crippen LogP contribution is -2.41. The van der Waals surface area contributed by atoms with Crippen molar-refractivity contribution in [2.24, 2.45) is 0 Å². The van der Waals surface area contributed by atoms with Gasteiger partial charge in [-0.2, -0.15) is 9.40 Å². The third-order valence-electron chi connectivity index (χ3n) is 5.32. The molecule has 3 heterocycles. The summed E-state index contributed by atoms with van der Waals surface area (Å²) < 4.78 is 29.9. The molecule has 1 atom stereocenters. The number of aryl methyl sites for hydroxylation is 1. The van der Waals surface area contributed by atoms with Gasteiger partial charge in [-0.05, 0) is 45.0 Å². The van der Waals surface area contributed by atoms with Gasteiger partial charge in [-0.1, -0.05) is 6.07 Å². The summed E-state index contributed by atoms with van der Waals surface area (Å²) in [5.41, 5.74) is 0.487. The molecule has 1 aromatic heterocycles. The molecule has 2 aliphatic heterocycles. The molecule has 0 bridgehead atoms. The van der Waals surface area contributed by atoms with Crippen LogP contribution >= 0.6 is 0 Å². The molecule has 2 aromatic rings. The largest absolute Gasteiger partial charge is 0.343 e. The number of H-pyrrole nitrogens is 1. The Balaban J connectivity index is 1.84. The van der Waals surface area contributed by atoms with Crippen LogP contribution in [0.25, 0.3) is 11.6 Å². The Bertz CT molecular complexity index is 1180. The Morgan fingerprint density at radius 1 is 1.30 bits per heavy atom. The van der Waals surface area contributed by atoms with E-state index in [2.05, 4.69) is 20.7 Å². The summed E-state index contributed by atoms with van der Waals surface area (Å²) in [6.07, 6.45) is 2.12. The number of carbonyl (C=O) groups excluding carboxylic acids is 1. The maximum Gasteiger partial charge on any atom is 0.343 e. The zero-order valence-corrected chi connectivity index (χ0v) is 17.6. The molecule has 0 aliphatic carbocycles. The van der Waals surface area contributed by atoms with E-state index in [-0.39, 0.29) is 22.3 Å². The second-order valence-electron chi connectivity index (χ2n) is 7.34. The van der Waals surface area contributed by atoms with Gasteiger partial charge in [0.15, 0.2) is 5.82 Å². The predicted molar refractivity (Wildman–Crippen MR) is 112 cm³/mol. The molecule has 1 unspecified atom stereocenters. The number of rotatable bonds is 4. The monoisotopic (exact) mass is 432 g/mol. The fraction of sp³-hybridized carbons (Fsp3) is 0.421. The summed E-state index contributed by atoms with van der Waals surface area (Å²) in [6.45, 7) is 5.72. The number of aromatic nitrogens is 3. The summed E-state index contributed by atoms with van der Waals surface area (Å²) in [5.74, 6) is -0.246. The van der Waals surface area contributed by atoms with Crippen molar-refractivity contribution in [1.29, 1.82) is 0 Å². The van der Waals surface area contributed by atoms with Gasteiger partial charge in [0.1, 0.15) is 0 Å². The van der Waals surface area contributed by atoms with E-state index in [4.69, 9.17) is 0 Å². The number of amides is 1. The van der Waals surface area contributed by atoms with E-state index in [9.17, 15) is 18.0 Å².